The molecule has 0 spiro atoms. The van der Waals surface area contributed by atoms with Crippen molar-refractivity contribution in [2.75, 3.05) is 6.54 Å². The van der Waals surface area contributed by atoms with E-state index in [0.29, 0.717) is 0 Å². The molecular formula is C4H7NO2. The van der Waals surface area contributed by atoms with Crippen LogP contribution in [0.5, 0.6) is 0 Å². The van der Waals surface area contributed by atoms with Gasteiger partial charge in [0.2, 0.25) is 6.41 Å². The van der Waals surface area contributed by atoms with Crippen LogP contribution in [0.25, 0.3) is 0 Å². The Morgan fingerprint density at radius 1 is 1.71 bits per heavy atom. The lowest BCUT2D eigenvalue weighted by molar-refractivity contribution is -0.0627. The highest BCUT2D eigenvalue weighted by molar-refractivity contribution is 4.85. The summed E-state index contributed by atoms with van der Waals surface area (Å²) in [5, 5.41) is 18.2. The fraction of sp³-hybridized carbons (Fsp3) is 0.500. The Hall–Kier alpha value is -0.560. The number of nitrogens with one attached hydrogen (secondary N) is 1. The first-order valence-corrected chi connectivity index (χ1v) is 1.80. The molecule has 3 N–H and O–H groups in total. The standard InChI is InChI=1S/C4H7NO2/c1-2-3-5-4(6)7/h1,4-7H,3H2. The molecule has 0 aliphatic rings. The normalized spacial score (nSPS) is 8.86. The summed E-state index contributed by atoms with van der Waals surface area (Å²) in [4.78, 5) is 0. The van der Waals surface area contributed by atoms with Gasteiger partial charge in [0, 0.05) is 0 Å². The Labute approximate surface area is 42.0 Å². The van der Waals surface area contributed by atoms with E-state index >= 15 is 0 Å². The first-order valence-electron chi connectivity index (χ1n) is 1.80. The van der Waals surface area contributed by atoms with E-state index in [2.05, 4.69) is 11.2 Å². The van der Waals surface area contributed by atoms with Crippen LogP contribution in [0, 0.1) is 12.3 Å². The van der Waals surface area contributed by atoms with Crippen molar-refractivity contribution in [2.24, 2.45) is 0 Å². The zero-order chi connectivity index (χ0) is 5.70. The third-order valence-corrected chi connectivity index (χ3v) is 0.387. The zero-order valence-electron chi connectivity index (χ0n) is 3.76. The van der Waals surface area contributed by atoms with Crippen molar-refractivity contribution in [1.82, 2.24) is 5.32 Å². The van der Waals surface area contributed by atoms with Gasteiger partial charge in [-0.05, 0) is 0 Å². The van der Waals surface area contributed by atoms with Crippen LogP contribution in [0.2, 0.25) is 0 Å². The van der Waals surface area contributed by atoms with E-state index in [4.69, 9.17) is 16.6 Å². The predicted octanol–water partition coefficient (Wildman–Crippen LogP) is -1.52. The van der Waals surface area contributed by atoms with Gasteiger partial charge in [-0.15, -0.1) is 6.42 Å². The highest BCUT2D eigenvalue weighted by atomic mass is 16.5. The van der Waals surface area contributed by atoms with Crippen LogP contribution < -0.4 is 5.32 Å². The second-order valence-corrected chi connectivity index (χ2v) is 0.959. The van der Waals surface area contributed by atoms with E-state index in [1.165, 1.54) is 0 Å². The number of hydrogen-bond acceptors (Lipinski definition) is 3. The molecule has 0 rings (SSSR count). The minimum absolute atomic E-state index is 0.178. The van der Waals surface area contributed by atoms with Crippen LogP contribution in [0.4, 0.5) is 0 Å². The molecule has 3 nitrogen and oxygen atoms in total. The lowest BCUT2D eigenvalue weighted by atomic mass is 10.7. The molecule has 7 heavy (non-hydrogen) atoms. The smallest absolute Gasteiger partial charge is 0.211 e. The Balaban J connectivity index is 2.86. The maximum absolute atomic E-state index is 8.03. The summed E-state index contributed by atoms with van der Waals surface area (Å²) in [7, 11) is 0. The molecule has 0 bridgehead atoms. The molecule has 0 aliphatic carbocycles. The van der Waals surface area contributed by atoms with E-state index in [1.54, 1.807) is 0 Å². The number of hydrogen-bond donors (Lipinski definition) is 3. The molecule has 3 heteroatoms. The van der Waals surface area contributed by atoms with Crippen molar-refractivity contribution < 1.29 is 10.2 Å². The average molecular weight is 101 g/mol. The SMILES string of the molecule is C#CCNC(O)O. The molecule has 0 unspecified atom stereocenters. The summed E-state index contributed by atoms with van der Waals surface area (Å²) < 4.78 is 0. The van der Waals surface area contributed by atoms with Gasteiger partial charge in [0.25, 0.3) is 0 Å². The van der Waals surface area contributed by atoms with Gasteiger partial charge in [0.15, 0.2) is 0 Å². The molecule has 0 saturated carbocycles. The van der Waals surface area contributed by atoms with Gasteiger partial charge in [-0.25, -0.2) is 0 Å². The molecular weight excluding hydrogens is 94.0 g/mol. The van der Waals surface area contributed by atoms with E-state index in [-0.39, 0.29) is 6.54 Å². The van der Waals surface area contributed by atoms with E-state index in [1.807, 2.05) is 0 Å². The van der Waals surface area contributed by atoms with Crippen molar-refractivity contribution in [3.63, 3.8) is 0 Å². The summed E-state index contributed by atoms with van der Waals surface area (Å²) in [6, 6.07) is 0. The minimum atomic E-state index is -1.49. The Morgan fingerprint density at radius 3 is 2.43 bits per heavy atom. The van der Waals surface area contributed by atoms with E-state index < -0.39 is 6.41 Å². The van der Waals surface area contributed by atoms with Crippen molar-refractivity contribution >= 4 is 0 Å². The number of terminal acetylenes is 1. The molecule has 40 valence electrons. The van der Waals surface area contributed by atoms with Gasteiger partial charge in [-0.3, -0.25) is 5.32 Å². The first-order chi connectivity index (χ1) is 3.27. The molecule has 0 amide bonds. The molecule has 0 aromatic carbocycles. The third-order valence-electron chi connectivity index (χ3n) is 0.387. The van der Waals surface area contributed by atoms with Crippen LogP contribution in [-0.4, -0.2) is 23.2 Å². The maximum atomic E-state index is 8.03. The van der Waals surface area contributed by atoms with Crippen LogP contribution >= 0.6 is 0 Å². The van der Waals surface area contributed by atoms with E-state index in [0.717, 1.165) is 0 Å². The Morgan fingerprint density at radius 2 is 2.29 bits per heavy atom. The van der Waals surface area contributed by atoms with Crippen LogP contribution in [0.3, 0.4) is 0 Å². The molecule has 0 radical (unpaired) electrons. The summed E-state index contributed by atoms with van der Waals surface area (Å²) >= 11 is 0. The quantitative estimate of drug-likeness (QED) is 0.292. The summed E-state index contributed by atoms with van der Waals surface area (Å²) in [6.07, 6.45) is 3.25. The van der Waals surface area contributed by atoms with E-state index in [9.17, 15) is 0 Å². The molecule has 0 saturated heterocycles. The zero-order valence-corrected chi connectivity index (χ0v) is 3.76. The van der Waals surface area contributed by atoms with Crippen molar-refractivity contribution in [1.29, 1.82) is 0 Å². The number of rotatable bonds is 2. The molecule has 0 atom stereocenters. The monoisotopic (exact) mass is 101 g/mol. The van der Waals surface area contributed by atoms with Gasteiger partial charge < -0.3 is 10.2 Å². The molecule has 0 aliphatic heterocycles. The van der Waals surface area contributed by atoms with Gasteiger partial charge in [-0.1, -0.05) is 5.92 Å². The Bertz CT molecular complexity index is 74.2. The van der Waals surface area contributed by atoms with Crippen LogP contribution in [0.1, 0.15) is 0 Å². The second-order valence-electron chi connectivity index (χ2n) is 0.959. The van der Waals surface area contributed by atoms with Gasteiger partial charge in [0.05, 0.1) is 6.54 Å². The molecule has 0 aromatic heterocycles. The summed E-state index contributed by atoms with van der Waals surface area (Å²) in [5.41, 5.74) is 0. The maximum Gasteiger partial charge on any atom is 0.211 e. The van der Waals surface area contributed by atoms with Gasteiger partial charge in [0.1, 0.15) is 0 Å². The van der Waals surface area contributed by atoms with Crippen molar-refractivity contribution in [2.45, 2.75) is 6.41 Å². The number of aliphatic hydroxyl groups excluding tert-OH is 1. The Kier molecular flexibility index (Phi) is 3.33. The fourth-order valence-corrected chi connectivity index (χ4v) is 0.150. The molecule has 0 heterocycles. The van der Waals surface area contributed by atoms with Gasteiger partial charge in [-0.2, -0.15) is 0 Å². The minimum Gasteiger partial charge on any atom is -0.356 e. The topological polar surface area (TPSA) is 52.5 Å². The largest absolute Gasteiger partial charge is 0.356 e. The molecule has 0 fully saturated rings. The first kappa shape index (κ1) is 6.44. The van der Waals surface area contributed by atoms with Gasteiger partial charge >= 0.3 is 0 Å². The van der Waals surface area contributed by atoms with Crippen molar-refractivity contribution in [3.8, 4) is 12.3 Å². The predicted molar refractivity (Wildman–Crippen MR) is 25.1 cm³/mol. The van der Waals surface area contributed by atoms with Crippen LogP contribution in [0.15, 0.2) is 0 Å². The second kappa shape index (κ2) is 3.62. The summed E-state index contributed by atoms with van der Waals surface area (Å²) in [5.74, 6) is 2.17. The van der Waals surface area contributed by atoms with Crippen LogP contribution in [-0.2, 0) is 0 Å². The highest BCUT2D eigenvalue weighted by Gasteiger charge is 1.87. The average Bonchev–Trinajstić information content (AvgIpc) is 1.61. The van der Waals surface area contributed by atoms with Crippen molar-refractivity contribution in [3.05, 3.63) is 0 Å². The highest BCUT2D eigenvalue weighted by Crippen LogP contribution is 1.59. The lowest BCUT2D eigenvalue weighted by Gasteiger charge is -1.98. The third kappa shape index (κ3) is 5.44. The lowest BCUT2D eigenvalue weighted by Crippen LogP contribution is -2.27. The number of aliphatic hydroxyl groups is 2. The molecule has 0 aromatic rings. The summed E-state index contributed by atoms with van der Waals surface area (Å²) in [6.45, 7) is 0.178. The fourth-order valence-electron chi connectivity index (χ4n) is 0.150.